The number of halogens is 2. The van der Waals surface area contributed by atoms with E-state index in [0.717, 1.165) is 11.1 Å². The van der Waals surface area contributed by atoms with Crippen molar-refractivity contribution in [1.29, 1.82) is 0 Å². The van der Waals surface area contributed by atoms with Gasteiger partial charge in [0.2, 0.25) is 5.91 Å². The van der Waals surface area contributed by atoms with E-state index in [4.69, 9.17) is 27.6 Å². The SMILES string of the molecule is O=C(CCSc1nc2ccccc2o1)Nc1ccc(Cl)cc1Cl. The topological polar surface area (TPSA) is 55.1 Å². The number of rotatable bonds is 5. The Morgan fingerprint density at radius 1 is 1.22 bits per heavy atom. The zero-order valence-corrected chi connectivity index (χ0v) is 14.2. The number of thioether (sulfide) groups is 1. The Kier molecular flexibility index (Phi) is 5.10. The molecule has 1 heterocycles. The van der Waals surface area contributed by atoms with Gasteiger partial charge >= 0.3 is 0 Å². The Labute approximate surface area is 147 Å². The second kappa shape index (κ2) is 7.25. The van der Waals surface area contributed by atoms with E-state index in [-0.39, 0.29) is 5.91 Å². The molecule has 0 saturated carbocycles. The Bertz CT molecular complexity index is 818. The van der Waals surface area contributed by atoms with E-state index in [1.807, 2.05) is 24.3 Å². The Hall–Kier alpha value is -1.69. The minimum Gasteiger partial charge on any atom is -0.431 e. The van der Waals surface area contributed by atoms with Crippen LogP contribution in [0.25, 0.3) is 11.1 Å². The van der Waals surface area contributed by atoms with Gasteiger partial charge in [-0.3, -0.25) is 4.79 Å². The first-order valence-corrected chi connectivity index (χ1v) is 8.59. The van der Waals surface area contributed by atoms with Crippen molar-refractivity contribution >= 4 is 57.7 Å². The molecule has 0 aliphatic rings. The minimum absolute atomic E-state index is 0.127. The van der Waals surface area contributed by atoms with E-state index in [0.29, 0.717) is 33.1 Å². The van der Waals surface area contributed by atoms with Gasteiger partial charge in [-0.15, -0.1) is 0 Å². The fraction of sp³-hybridized carbons (Fsp3) is 0.125. The number of carbonyl (C=O) groups is 1. The van der Waals surface area contributed by atoms with Gasteiger partial charge in [0, 0.05) is 17.2 Å². The monoisotopic (exact) mass is 366 g/mol. The first-order chi connectivity index (χ1) is 11.1. The fourth-order valence-electron chi connectivity index (χ4n) is 1.95. The van der Waals surface area contributed by atoms with Crippen LogP contribution in [0.1, 0.15) is 6.42 Å². The number of carbonyl (C=O) groups excluding carboxylic acids is 1. The molecule has 0 saturated heterocycles. The molecule has 4 nitrogen and oxygen atoms in total. The van der Waals surface area contributed by atoms with Crippen molar-refractivity contribution in [2.24, 2.45) is 0 Å². The first kappa shape index (κ1) is 16.2. The van der Waals surface area contributed by atoms with Crippen molar-refractivity contribution in [3.05, 3.63) is 52.5 Å². The molecule has 1 N–H and O–H groups in total. The summed E-state index contributed by atoms with van der Waals surface area (Å²) in [5, 5.41) is 4.26. The summed E-state index contributed by atoms with van der Waals surface area (Å²) in [6, 6.07) is 12.5. The summed E-state index contributed by atoms with van der Waals surface area (Å²) >= 11 is 13.2. The lowest BCUT2D eigenvalue weighted by Crippen LogP contribution is -2.12. The third-order valence-corrected chi connectivity index (χ3v) is 4.41. The first-order valence-electron chi connectivity index (χ1n) is 6.85. The van der Waals surface area contributed by atoms with E-state index in [2.05, 4.69) is 10.3 Å². The Morgan fingerprint density at radius 2 is 2.04 bits per heavy atom. The molecule has 0 unspecified atom stereocenters. The number of nitrogens with zero attached hydrogens (tertiary/aromatic N) is 1. The maximum absolute atomic E-state index is 11.9. The second-order valence-electron chi connectivity index (χ2n) is 4.72. The van der Waals surface area contributed by atoms with E-state index in [1.54, 1.807) is 18.2 Å². The summed E-state index contributed by atoms with van der Waals surface area (Å²) in [5.74, 6) is 0.432. The molecule has 118 valence electrons. The van der Waals surface area contributed by atoms with Gasteiger partial charge in [0.05, 0.1) is 10.7 Å². The number of hydrogen-bond donors (Lipinski definition) is 1. The predicted octanol–water partition coefficient (Wildman–Crippen LogP) is 5.26. The maximum Gasteiger partial charge on any atom is 0.256 e. The van der Waals surface area contributed by atoms with E-state index >= 15 is 0 Å². The van der Waals surface area contributed by atoms with Crippen LogP contribution in [0.15, 0.2) is 52.1 Å². The average Bonchev–Trinajstić information content (AvgIpc) is 2.93. The molecule has 7 heteroatoms. The minimum atomic E-state index is -0.127. The molecular weight excluding hydrogens is 355 g/mol. The summed E-state index contributed by atoms with van der Waals surface area (Å²) in [6.07, 6.45) is 0.322. The molecular formula is C16H12Cl2N2O2S. The van der Waals surface area contributed by atoms with Gasteiger partial charge in [0.1, 0.15) is 5.52 Å². The van der Waals surface area contributed by atoms with Gasteiger partial charge in [-0.05, 0) is 30.3 Å². The van der Waals surface area contributed by atoms with E-state index in [9.17, 15) is 4.79 Å². The van der Waals surface area contributed by atoms with Crippen LogP contribution in [0.3, 0.4) is 0 Å². The number of fused-ring (bicyclic) bond motifs is 1. The van der Waals surface area contributed by atoms with Gasteiger partial charge in [-0.2, -0.15) is 0 Å². The highest BCUT2D eigenvalue weighted by Crippen LogP contribution is 2.26. The second-order valence-corrected chi connectivity index (χ2v) is 6.61. The summed E-state index contributed by atoms with van der Waals surface area (Å²) in [5.41, 5.74) is 2.10. The number of para-hydroxylation sites is 2. The van der Waals surface area contributed by atoms with Crippen LogP contribution in [-0.2, 0) is 4.79 Å². The van der Waals surface area contributed by atoms with Crippen LogP contribution in [0.2, 0.25) is 10.0 Å². The molecule has 0 aliphatic carbocycles. The summed E-state index contributed by atoms with van der Waals surface area (Å²) < 4.78 is 5.58. The zero-order valence-electron chi connectivity index (χ0n) is 11.9. The maximum atomic E-state index is 11.9. The Morgan fingerprint density at radius 3 is 2.83 bits per heavy atom. The molecule has 1 amide bonds. The summed E-state index contributed by atoms with van der Waals surface area (Å²) in [4.78, 5) is 16.3. The molecule has 0 fully saturated rings. The van der Waals surface area contributed by atoms with Crippen molar-refractivity contribution in [2.45, 2.75) is 11.6 Å². The molecule has 0 atom stereocenters. The molecule has 0 bridgehead atoms. The summed E-state index contributed by atoms with van der Waals surface area (Å²) in [7, 11) is 0. The third-order valence-electron chi connectivity index (χ3n) is 3.03. The highest BCUT2D eigenvalue weighted by molar-refractivity contribution is 7.99. The van der Waals surface area contributed by atoms with Crippen LogP contribution in [-0.4, -0.2) is 16.6 Å². The van der Waals surface area contributed by atoms with Crippen LogP contribution in [0, 0.1) is 0 Å². The molecule has 23 heavy (non-hydrogen) atoms. The summed E-state index contributed by atoms with van der Waals surface area (Å²) in [6.45, 7) is 0. The van der Waals surface area contributed by atoms with Crippen LogP contribution < -0.4 is 5.32 Å². The largest absolute Gasteiger partial charge is 0.431 e. The molecule has 3 aromatic rings. The van der Waals surface area contributed by atoms with Crippen molar-refractivity contribution < 1.29 is 9.21 Å². The molecule has 0 spiro atoms. The standard InChI is InChI=1S/C16H12Cl2N2O2S/c17-10-5-6-12(11(18)9-10)19-15(21)7-8-23-16-20-13-3-1-2-4-14(13)22-16/h1-6,9H,7-8H2,(H,19,21). The van der Waals surface area contributed by atoms with Crippen LogP contribution >= 0.6 is 35.0 Å². The van der Waals surface area contributed by atoms with Crippen molar-refractivity contribution in [1.82, 2.24) is 4.98 Å². The number of nitrogens with one attached hydrogen (secondary N) is 1. The highest BCUT2D eigenvalue weighted by Gasteiger charge is 2.09. The smallest absolute Gasteiger partial charge is 0.256 e. The quantitative estimate of drug-likeness (QED) is 0.626. The molecule has 0 radical (unpaired) electrons. The lowest BCUT2D eigenvalue weighted by atomic mass is 10.3. The number of hydrogen-bond acceptors (Lipinski definition) is 4. The molecule has 2 aromatic carbocycles. The van der Waals surface area contributed by atoms with Crippen molar-refractivity contribution in [3.8, 4) is 0 Å². The number of oxazole rings is 1. The lowest BCUT2D eigenvalue weighted by Gasteiger charge is -2.06. The van der Waals surface area contributed by atoms with Crippen LogP contribution in [0.4, 0.5) is 5.69 Å². The van der Waals surface area contributed by atoms with Gasteiger partial charge in [0.15, 0.2) is 5.58 Å². The van der Waals surface area contributed by atoms with Crippen LogP contribution in [0.5, 0.6) is 0 Å². The van der Waals surface area contributed by atoms with Gasteiger partial charge < -0.3 is 9.73 Å². The van der Waals surface area contributed by atoms with Gasteiger partial charge in [-0.25, -0.2) is 4.98 Å². The molecule has 3 rings (SSSR count). The van der Waals surface area contributed by atoms with Crippen molar-refractivity contribution in [2.75, 3.05) is 11.1 Å². The fourth-order valence-corrected chi connectivity index (χ4v) is 3.18. The number of benzene rings is 2. The number of amides is 1. The van der Waals surface area contributed by atoms with Gasteiger partial charge in [0.25, 0.3) is 5.22 Å². The third kappa shape index (κ3) is 4.19. The van der Waals surface area contributed by atoms with Crippen molar-refractivity contribution in [3.63, 3.8) is 0 Å². The normalized spacial score (nSPS) is 10.9. The van der Waals surface area contributed by atoms with E-state index in [1.165, 1.54) is 11.8 Å². The molecule has 0 aliphatic heterocycles. The Balaban J connectivity index is 1.52. The zero-order chi connectivity index (χ0) is 16.2. The number of aromatic nitrogens is 1. The lowest BCUT2D eigenvalue weighted by molar-refractivity contribution is -0.115. The average molecular weight is 367 g/mol. The number of anilines is 1. The predicted molar refractivity (Wildman–Crippen MR) is 94.4 cm³/mol. The van der Waals surface area contributed by atoms with Gasteiger partial charge in [-0.1, -0.05) is 47.1 Å². The molecule has 1 aromatic heterocycles. The highest BCUT2D eigenvalue weighted by atomic mass is 35.5. The van der Waals surface area contributed by atoms with E-state index < -0.39 is 0 Å².